The number of alkyl halides is 3. The molecule has 152 valence electrons. The maximum Gasteiger partial charge on any atom is 0.416 e. The Balaban J connectivity index is 1.55. The van der Waals surface area contributed by atoms with Crippen molar-refractivity contribution in [1.29, 1.82) is 0 Å². The van der Waals surface area contributed by atoms with Crippen molar-refractivity contribution >= 4 is 34.7 Å². The molecule has 0 saturated heterocycles. The minimum Gasteiger partial charge on any atom is -0.322 e. The van der Waals surface area contributed by atoms with E-state index in [9.17, 15) is 18.0 Å². The van der Waals surface area contributed by atoms with Gasteiger partial charge in [0.15, 0.2) is 5.82 Å². The van der Waals surface area contributed by atoms with Gasteiger partial charge in [0.2, 0.25) is 0 Å². The molecule has 30 heavy (non-hydrogen) atoms. The Morgan fingerprint density at radius 1 is 1.10 bits per heavy atom. The molecule has 1 N–H and O–H groups in total. The van der Waals surface area contributed by atoms with Crippen LogP contribution in [0.3, 0.4) is 0 Å². The number of pyridine rings is 1. The van der Waals surface area contributed by atoms with Gasteiger partial charge in [0.1, 0.15) is 0 Å². The normalized spacial score (nSPS) is 13.0. The molecule has 1 aromatic heterocycles. The summed E-state index contributed by atoms with van der Waals surface area (Å²) in [6, 6.07) is 11.0. The molecule has 1 aliphatic rings. The highest BCUT2D eigenvalue weighted by atomic mass is 35.5. The van der Waals surface area contributed by atoms with Gasteiger partial charge in [0.25, 0.3) is 5.91 Å². The molecule has 4 rings (SSSR count). The third-order valence-electron chi connectivity index (χ3n) is 4.69. The van der Waals surface area contributed by atoms with Crippen molar-refractivity contribution in [2.75, 3.05) is 5.32 Å². The van der Waals surface area contributed by atoms with Crippen molar-refractivity contribution in [3.8, 4) is 0 Å². The second-order valence-corrected chi connectivity index (χ2v) is 7.36. The maximum atomic E-state index is 12.7. The van der Waals surface area contributed by atoms with Crippen molar-refractivity contribution in [3.05, 3.63) is 87.6 Å². The number of nitrogens with zero attached hydrogens (tertiary/aromatic N) is 2. The zero-order chi connectivity index (χ0) is 21.5. The molecule has 0 aliphatic carbocycles. The second kappa shape index (κ2) is 7.57. The second-order valence-electron chi connectivity index (χ2n) is 6.95. The molecule has 1 aliphatic heterocycles. The summed E-state index contributed by atoms with van der Waals surface area (Å²) in [5.41, 5.74) is 3.20. The minimum atomic E-state index is -4.45. The Labute approximate surface area is 175 Å². The summed E-state index contributed by atoms with van der Waals surface area (Å²) < 4.78 is 38.1. The summed E-state index contributed by atoms with van der Waals surface area (Å²) in [4.78, 5) is 21.3. The van der Waals surface area contributed by atoms with Crippen molar-refractivity contribution < 1.29 is 18.0 Å². The fraction of sp³-hybridized carbons (Fsp3) is 0.136. The summed E-state index contributed by atoms with van der Waals surface area (Å²) in [6.45, 7) is 1.95. The first-order valence-electron chi connectivity index (χ1n) is 9.02. The highest BCUT2D eigenvalue weighted by molar-refractivity contribution is 6.34. The quantitative estimate of drug-likeness (QED) is 0.556. The summed E-state index contributed by atoms with van der Waals surface area (Å²) in [7, 11) is 0. The van der Waals surface area contributed by atoms with Crippen LogP contribution in [0.25, 0.3) is 0 Å². The number of carbonyl (C=O) groups excluding carboxylic acids is 1. The SMILES string of the molecule is Cc1cnc2c(c1)CC(c1cc(NC(=O)c3ccc(C(F)(F)F)cc3)ccc1Cl)=N2. The predicted molar refractivity (Wildman–Crippen MR) is 110 cm³/mol. The van der Waals surface area contributed by atoms with Gasteiger partial charge in [-0.1, -0.05) is 17.7 Å². The van der Waals surface area contributed by atoms with Gasteiger partial charge in [0.05, 0.1) is 11.3 Å². The standard InChI is InChI=1S/C22H15ClF3N3O/c1-12-8-14-9-19(29-20(14)27-11-12)17-10-16(6-7-18(17)23)28-21(30)13-2-4-15(5-3-13)22(24,25)26/h2-8,10-11H,9H2,1H3,(H,28,30). The highest BCUT2D eigenvalue weighted by Crippen LogP contribution is 2.32. The van der Waals surface area contributed by atoms with E-state index in [4.69, 9.17) is 11.6 Å². The number of fused-ring (bicyclic) bond motifs is 1. The van der Waals surface area contributed by atoms with Gasteiger partial charge in [-0.25, -0.2) is 9.98 Å². The Bertz CT molecular complexity index is 1170. The monoisotopic (exact) mass is 429 g/mol. The molecule has 0 unspecified atom stereocenters. The number of aromatic nitrogens is 1. The average molecular weight is 430 g/mol. The number of anilines is 1. The van der Waals surface area contributed by atoms with Crippen LogP contribution >= 0.6 is 11.6 Å². The predicted octanol–water partition coefficient (Wildman–Crippen LogP) is 5.99. The van der Waals surface area contributed by atoms with E-state index in [1.165, 1.54) is 0 Å². The number of rotatable bonds is 3. The van der Waals surface area contributed by atoms with Crippen LogP contribution in [0.4, 0.5) is 24.7 Å². The van der Waals surface area contributed by atoms with E-state index in [0.717, 1.165) is 41.1 Å². The van der Waals surface area contributed by atoms with Crippen molar-refractivity contribution in [1.82, 2.24) is 4.98 Å². The summed E-state index contributed by atoms with van der Waals surface area (Å²) in [5, 5.41) is 3.17. The Morgan fingerprint density at radius 2 is 1.83 bits per heavy atom. The van der Waals surface area contributed by atoms with Gasteiger partial charge < -0.3 is 5.32 Å². The van der Waals surface area contributed by atoms with E-state index in [2.05, 4.69) is 15.3 Å². The Hall–Kier alpha value is -3.19. The number of amides is 1. The van der Waals surface area contributed by atoms with E-state index in [1.54, 1.807) is 24.4 Å². The number of carbonyl (C=O) groups is 1. The largest absolute Gasteiger partial charge is 0.416 e. The van der Waals surface area contributed by atoms with Gasteiger partial charge in [-0.2, -0.15) is 13.2 Å². The molecule has 0 saturated carbocycles. The number of aliphatic imine (C=N–C) groups is 1. The lowest BCUT2D eigenvalue weighted by Gasteiger charge is -2.10. The van der Waals surface area contributed by atoms with Crippen LogP contribution in [-0.2, 0) is 12.6 Å². The van der Waals surface area contributed by atoms with E-state index in [0.29, 0.717) is 28.5 Å². The molecule has 0 atom stereocenters. The average Bonchev–Trinajstić information content (AvgIpc) is 3.11. The van der Waals surface area contributed by atoms with Crippen molar-refractivity contribution in [2.45, 2.75) is 19.5 Å². The zero-order valence-corrected chi connectivity index (χ0v) is 16.5. The fourth-order valence-corrected chi connectivity index (χ4v) is 3.42. The lowest BCUT2D eigenvalue weighted by atomic mass is 10.0. The summed E-state index contributed by atoms with van der Waals surface area (Å²) in [6.07, 6.45) is -2.14. The minimum absolute atomic E-state index is 0.116. The highest BCUT2D eigenvalue weighted by Gasteiger charge is 2.30. The van der Waals surface area contributed by atoms with Crippen LogP contribution in [0.2, 0.25) is 5.02 Å². The zero-order valence-electron chi connectivity index (χ0n) is 15.7. The van der Waals surface area contributed by atoms with Crippen LogP contribution in [0, 0.1) is 6.92 Å². The molecule has 8 heteroatoms. The third kappa shape index (κ3) is 4.07. The smallest absolute Gasteiger partial charge is 0.322 e. The number of benzene rings is 2. The molecule has 3 aromatic rings. The van der Waals surface area contributed by atoms with E-state index in [-0.39, 0.29) is 5.56 Å². The number of nitrogens with one attached hydrogen (secondary N) is 1. The molecule has 0 bridgehead atoms. The molecular formula is C22H15ClF3N3O. The number of halogens is 4. The van der Waals surface area contributed by atoms with E-state index >= 15 is 0 Å². The van der Waals surface area contributed by atoms with Gasteiger partial charge in [-0.3, -0.25) is 4.79 Å². The summed E-state index contributed by atoms with van der Waals surface area (Å²) >= 11 is 6.34. The van der Waals surface area contributed by atoms with Gasteiger partial charge in [-0.15, -0.1) is 0 Å². The van der Waals surface area contributed by atoms with Crippen LogP contribution < -0.4 is 5.32 Å². The first-order chi connectivity index (χ1) is 14.2. The van der Waals surface area contributed by atoms with E-state index < -0.39 is 17.6 Å². The molecule has 2 heterocycles. The molecular weight excluding hydrogens is 415 g/mol. The number of aryl methyl sites for hydroxylation is 1. The molecule has 0 radical (unpaired) electrons. The van der Waals surface area contributed by atoms with Crippen molar-refractivity contribution in [2.24, 2.45) is 4.99 Å². The number of hydrogen-bond acceptors (Lipinski definition) is 3. The first-order valence-corrected chi connectivity index (χ1v) is 9.40. The number of hydrogen-bond donors (Lipinski definition) is 1. The Morgan fingerprint density at radius 3 is 2.53 bits per heavy atom. The molecule has 1 amide bonds. The van der Waals surface area contributed by atoms with Crippen LogP contribution in [0.1, 0.15) is 32.6 Å². The lowest BCUT2D eigenvalue weighted by Crippen LogP contribution is -2.13. The summed E-state index contributed by atoms with van der Waals surface area (Å²) in [5.74, 6) is 0.122. The third-order valence-corrected chi connectivity index (χ3v) is 5.02. The van der Waals surface area contributed by atoms with Crippen LogP contribution in [0.5, 0.6) is 0 Å². The van der Waals surface area contributed by atoms with Crippen molar-refractivity contribution in [3.63, 3.8) is 0 Å². The fourth-order valence-electron chi connectivity index (χ4n) is 3.19. The topological polar surface area (TPSA) is 54.4 Å². The van der Waals surface area contributed by atoms with E-state index in [1.807, 2.05) is 13.0 Å². The first kappa shape index (κ1) is 20.1. The maximum absolute atomic E-state index is 12.7. The van der Waals surface area contributed by atoms with Crippen LogP contribution in [0.15, 0.2) is 59.7 Å². The van der Waals surface area contributed by atoms with Crippen LogP contribution in [-0.4, -0.2) is 16.6 Å². The lowest BCUT2D eigenvalue weighted by molar-refractivity contribution is -0.137. The van der Waals surface area contributed by atoms with Gasteiger partial charge in [-0.05, 0) is 55.0 Å². The van der Waals surface area contributed by atoms with Gasteiger partial charge >= 0.3 is 6.18 Å². The molecule has 0 fully saturated rings. The Kier molecular flexibility index (Phi) is 5.07. The molecule has 0 spiro atoms. The van der Waals surface area contributed by atoms with Gasteiger partial charge in [0, 0.05) is 40.0 Å². The molecule has 2 aromatic carbocycles. The molecule has 4 nitrogen and oxygen atoms in total.